The normalized spacial score (nSPS) is 16.0. The highest BCUT2D eigenvalue weighted by molar-refractivity contribution is 7.10. The summed E-state index contributed by atoms with van der Waals surface area (Å²) < 4.78 is 4.91. The second kappa shape index (κ2) is 8.62. The largest absolute Gasteiger partial charge is 0.452 e. The van der Waals surface area contributed by atoms with Crippen LogP contribution in [0.15, 0.2) is 23.6 Å². The molecule has 1 aliphatic rings. The van der Waals surface area contributed by atoms with Crippen LogP contribution in [-0.2, 0) is 14.3 Å². The first kappa shape index (κ1) is 15.8. The number of ether oxygens (including phenoxy) is 1. The predicted octanol–water partition coefficient (Wildman–Crippen LogP) is 3.00. The summed E-state index contributed by atoms with van der Waals surface area (Å²) >= 11 is 1.54. The van der Waals surface area contributed by atoms with Crippen molar-refractivity contribution >= 4 is 29.3 Å². The smallest absolute Gasteiger partial charge is 0.331 e. The standard InChI is InChI=1S/C16H21NO3S/c18-15(17-11-13-5-2-1-3-6-13)12-20-16(19)9-8-14-7-4-10-21-14/h4,7-10,13H,1-3,5-6,11-12H2,(H,17,18)/b9-8+. The molecule has 5 heteroatoms. The molecule has 1 saturated carbocycles. The molecule has 1 amide bonds. The fourth-order valence-electron chi connectivity index (χ4n) is 2.42. The van der Waals surface area contributed by atoms with Crippen LogP contribution in [0.1, 0.15) is 37.0 Å². The minimum Gasteiger partial charge on any atom is -0.452 e. The van der Waals surface area contributed by atoms with Crippen LogP contribution in [0.3, 0.4) is 0 Å². The van der Waals surface area contributed by atoms with Crippen LogP contribution in [0.5, 0.6) is 0 Å². The van der Waals surface area contributed by atoms with Crippen molar-refractivity contribution in [3.63, 3.8) is 0 Å². The lowest BCUT2D eigenvalue weighted by molar-refractivity contribution is -0.143. The molecule has 2 rings (SSSR count). The van der Waals surface area contributed by atoms with E-state index in [0.29, 0.717) is 12.5 Å². The van der Waals surface area contributed by atoms with Gasteiger partial charge < -0.3 is 10.1 Å². The number of carbonyl (C=O) groups excluding carboxylic acids is 2. The molecule has 0 aliphatic heterocycles. The van der Waals surface area contributed by atoms with Crippen molar-refractivity contribution in [2.45, 2.75) is 32.1 Å². The summed E-state index contributed by atoms with van der Waals surface area (Å²) in [4.78, 5) is 24.1. The van der Waals surface area contributed by atoms with Crippen molar-refractivity contribution in [3.05, 3.63) is 28.5 Å². The van der Waals surface area contributed by atoms with Crippen LogP contribution in [-0.4, -0.2) is 25.0 Å². The lowest BCUT2D eigenvalue weighted by Gasteiger charge is -2.21. The zero-order chi connectivity index (χ0) is 14.9. The Bertz CT molecular complexity index is 476. The molecule has 0 spiro atoms. The lowest BCUT2D eigenvalue weighted by atomic mass is 9.89. The molecule has 1 N–H and O–H groups in total. The number of thiophene rings is 1. The average molecular weight is 307 g/mol. The maximum absolute atomic E-state index is 11.6. The number of hydrogen-bond acceptors (Lipinski definition) is 4. The first-order chi connectivity index (χ1) is 10.2. The molecule has 1 aromatic rings. The second-order valence-corrected chi connectivity index (χ2v) is 6.24. The van der Waals surface area contributed by atoms with Crippen molar-refractivity contribution in [3.8, 4) is 0 Å². The molecule has 4 nitrogen and oxygen atoms in total. The maximum Gasteiger partial charge on any atom is 0.331 e. The minimum absolute atomic E-state index is 0.208. The summed E-state index contributed by atoms with van der Waals surface area (Å²) in [5, 5.41) is 4.77. The zero-order valence-electron chi connectivity index (χ0n) is 12.0. The predicted molar refractivity (Wildman–Crippen MR) is 83.9 cm³/mol. The summed E-state index contributed by atoms with van der Waals surface area (Å²) in [7, 11) is 0. The average Bonchev–Trinajstić information content (AvgIpc) is 3.03. The molecule has 1 fully saturated rings. The summed E-state index contributed by atoms with van der Waals surface area (Å²) in [5.41, 5.74) is 0. The van der Waals surface area contributed by atoms with Crippen molar-refractivity contribution in [1.29, 1.82) is 0 Å². The Hall–Kier alpha value is -1.62. The fraction of sp³-hybridized carbons (Fsp3) is 0.500. The zero-order valence-corrected chi connectivity index (χ0v) is 12.9. The van der Waals surface area contributed by atoms with E-state index in [1.807, 2.05) is 17.5 Å². The third-order valence-corrected chi connectivity index (χ3v) is 4.42. The van der Waals surface area contributed by atoms with Gasteiger partial charge in [-0.15, -0.1) is 11.3 Å². The highest BCUT2D eigenvalue weighted by atomic mass is 32.1. The van der Waals surface area contributed by atoms with E-state index in [-0.39, 0.29) is 12.5 Å². The molecule has 0 saturated heterocycles. The molecule has 0 atom stereocenters. The molecule has 0 radical (unpaired) electrons. The van der Waals surface area contributed by atoms with E-state index in [9.17, 15) is 9.59 Å². The van der Waals surface area contributed by atoms with Crippen LogP contribution >= 0.6 is 11.3 Å². The summed E-state index contributed by atoms with van der Waals surface area (Å²) in [5.74, 6) is -0.133. The van der Waals surface area contributed by atoms with Gasteiger partial charge in [0.1, 0.15) is 0 Å². The number of nitrogens with one attached hydrogen (secondary N) is 1. The van der Waals surface area contributed by atoms with Crippen molar-refractivity contribution in [2.75, 3.05) is 13.2 Å². The van der Waals surface area contributed by atoms with Gasteiger partial charge in [-0.2, -0.15) is 0 Å². The maximum atomic E-state index is 11.6. The quantitative estimate of drug-likeness (QED) is 0.649. The molecular formula is C16H21NO3S. The Morgan fingerprint density at radius 3 is 2.86 bits per heavy atom. The molecule has 1 aliphatic carbocycles. The van der Waals surface area contributed by atoms with E-state index >= 15 is 0 Å². The minimum atomic E-state index is -0.490. The van der Waals surface area contributed by atoms with Crippen LogP contribution in [0, 0.1) is 5.92 Å². The number of rotatable bonds is 6. The van der Waals surface area contributed by atoms with Crippen molar-refractivity contribution in [2.24, 2.45) is 5.92 Å². The van der Waals surface area contributed by atoms with Crippen molar-refractivity contribution in [1.82, 2.24) is 5.32 Å². The first-order valence-corrected chi connectivity index (χ1v) is 8.27. The molecule has 0 bridgehead atoms. The third kappa shape index (κ3) is 6.12. The van der Waals surface area contributed by atoms with Gasteiger partial charge in [-0.1, -0.05) is 25.3 Å². The van der Waals surface area contributed by atoms with Gasteiger partial charge in [0.2, 0.25) is 0 Å². The van der Waals surface area contributed by atoms with E-state index < -0.39 is 5.97 Å². The fourth-order valence-corrected chi connectivity index (χ4v) is 3.04. The molecule has 0 unspecified atom stereocenters. The molecule has 0 aromatic carbocycles. The molecule has 21 heavy (non-hydrogen) atoms. The summed E-state index contributed by atoms with van der Waals surface area (Å²) in [6.07, 6.45) is 9.21. The van der Waals surface area contributed by atoms with Crippen LogP contribution < -0.4 is 5.32 Å². The molecule has 1 aromatic heterocycles. The van der Waals surface area contributed by atoms with Gasteiger partial charge in [-0.25, -0.2) is 4.79 Å². The Morgan fingerprint density at radius 1 is 1.33 bits per heavy atom. The van der Waals surface area contributed by atoms with Gasteiger partial charge in [0, 0.05) is 17.5 Å². The SMILES string of the molecule is O=C(COC(=O)/C=C/c1cccs1)NCC1CCCCC1. The van der Waals surface area contributed by atoms with E-state index in [1.54, 1.807) is 6.08 Å². The Labute approximate surface area is 129 Å². The second-order valence-electron chi connectivity index (χ2n) is 5.26. The van der Waals surface area contributed by atoms with Crippen LogP contribution in [0.2, 0.25) is 0 Å². The lowest BCUT2D eigenvalue weighted by Crippen LogP contribution is -2.33. The van der Waals surface area contributed by atoms with E-state index in [4.69, 9.17) is 4.74 Å². The number of amides is 1. The highest BCUT2D eigenvalue weighted by Gasteiger charge is 2.14. The van der Waals surface area contributed by atoms with Gasteiger partial charge in [0.25, 0.3) is 5.91 Å². The van der Waals surface area contributed by atoms with E-state index in [2.05, 4.69) is 5.32 Å². The Kier molecular flexibility index (Phi) is 6.47. The molecule has 1 heterocycles. The Morgan fingerprint density at radius 2 is 2.14 bits per heavy atom. The van der Waals surface area contributed by atoms with Gasteiger partial charge in [-0.05, 0) is 36.3 Å². The third-order valence-electron chi connectivity index (χ3n) is 3.59. The topological polar surface area (TPSA) is 55.4 Å². The van der Waals surface area contributed by atoms with E-state index in [1.165, 1.54) is 49.5 Å². The first-order valence-electron chi connectivity index (χ1n) is 7.39. The summed E-state index contributed by atoms with van der Waals surface area (Å²) in [6.45, 7) is 0.488. The summed E-state index contributed by atoms with van der Waals surface area (Å²) in [6, 6.07) is 3.82. The van der Waals surface area contributed by atoms with Crippen molar-refractivity contribution < 1.29 is 14.3 Å². The Balaban J connectivity index is 1.60. The van der Waals surface area contributed by atoms with Crippen LogP contribution in [0.4, 0.5) is 0 Å². The van der Waals surface area contributed by atoms with Gasteiger partial charge in [0.15, 0.2) is 6.61 Å². The number of esters is 1. The molecular weight excluding hydrogens is 286 g/mol. The van der Waals surface area contributed by atoms with Crippen LogP contribution in [0.25, 0.3) is 6.08 Å². The van der Waals surface area contributed by atoms with E-state index in [0.717, 1.165) is 4.88 Å². The molecule has 114 valence electrons. The highest BCUT2D eigenvalue weighted by Crippen LogP contribution is 2.22. The van der Waals surface area contributed by atoms with Gasteiger partial charge in [-0.3, -0.25) is 4.79 Å². The number of hydrogen-bond donors (Lipinski definition) is 1. The van der Waals surface area contributed by atoms with Gasteiger partial charge >= 0.3 is 5.97 Å². The monoisotopic (exact) mass is 307 g/mol. The number of carbonyl (C=O) groups is 2. The van der Waals surface area contributed by atoms with Gasteiger partial charge in [0.05, 0.1) is 0 Å².